The van der Waals surface area contributed by atoms with Crippen LogP contribution in [0, 0.1) is 19.8 Å². The number of pyridine rings is 1. The van der Waals surface area contributed by atoms with Crippen LogP contribution in [0.15, 0.2) is 65.3 Å². The standard InChI is InChI=1S/C31H29N5O5/c1-17-10-21(8-9-23(17)20-13-22(40-3)15-32-14-20)35-27(37)12-19-11-25(31(38)39)36(16-19)30-29-28(33-18(2)34-30)24-6-4-5-7-26(24)41-29/h4-10,13-15,19,25H,11-12,16H2,1-3H3,(H,35,37)(H,38,39)/t19-,25+/m1/s1. The summed E-state index contributed by atoms with van der Waals surface area (Å²) in [7, 11) is 1.60. The molecule has 0 bridgehead atoms. The summed E-state index contributed by atoms with van der Waals surface area (Å²) in [5.74, 6) is 0.303. The van der Waals surface area contributed by atoms with Crippen LogP contribution in [0.25, 0.3) is 33.2 Å². The van der Waals surface area contributed by atoms with Crippen molar-refractivity contribution < 1.29 is 23.8 Å². The summed E-state index contributed by atoms with van der Waals surface area (Å²) < 4.78 is 11.4. The molecule has 6 rings (SSSR count). The van der Waals surface area contributed by atoms with Crippen LogP contribution in [-0.4, -0.2) is 51.6 Å². The van der Waals surface area contributed by atoms with Gasteiger partial charge in [-0.1, -0.05) is 18.2 Å². The molecule has 208 valence electrons. The van der Waals surface area contributed by atoms with Gasteiger partial charge in [-0.3, -0.25) is 9.78 Å². The number of carbonyl (C=O) groups is 2. The number of aromatic nitrogens is 3. The fourth-order valence-electron chi connectivity index (χ4n) is 5.64. The number of carboxylic acids is 1. The number of aliphatic carboxylic acids is 1. The SMILES string of the molecule is COc1cncc(-c2ccc(NC(=O)C[C@H]3C[C@@H](C(=O)O)N(c4nc(C)nc5c4oc4ccccc45)C3)cc2C)c1. The summed E-state index contributed by atoms with van der Waals surface area (Å²) in [4.78, 5) is 40.5. The zero-order valence-electron chi connectivity index (χ0n) is 22.9. The molecule has 1 saturated heterocycles. The van der Waals surface area contributed by atoms with E-state index >= 15 is 0 Å². The molecule has 1 aliphatic heterocycles. The largest absolute Gasteiger partial charge is 0.495 e. The van der Waals surface area contributed by atoms with E-state index in [0.29, 0.717) is 52.7 Å². The van der Waals surface area contributed by atoms with E-state index in [-0.39, 0.29) is 18.2 Å². The molecule has 0 aliphatic carbocycles. The van der Waals surface area contributed by atoms with Crippen molar-refractivity contribution in [2.45, 2.75) is 32.7 Å². The highest BCUT2D eigenvalue weighted by Crippen LogP contribution is 2.38. The normalized spacial score (nSPS) is 16.8. The average Bonchev–Trinajstić information content (AvgIpc) is 3.54. The average molecular weight is 552 g/mol. The minimum absolute atomic E-state index is 0.175. The Hall–Kier alpha value is -4.99. The van der Waals surface area contributed by atoms with Crippen LogP contribution < -0.4 is 15.0 Å². The minimum Gasteiger partial charge on any atom is -0.495 e. The number of amides is 1. The highest BCUT2D eigenvalue weighted by atomic mass is 16.5. The van der Waals surface area contributed by atoms with Gasteiger partial charge in [-0.15, -0.1) is 0 Å². The third-order valence-corrected chi connectivity index (χ3v) is 7.50. The van der Waals surface area contributed by atoms with E-state index in [9.17, 15) is 14.7 Å². The molecule has 0 radical (unpaired) electrons. The molecule has 0 saturated carbocycles. The predicted molar refractivity (Wildman–Crippen MR) is 155 cm³/mol. The smallest absolute Gasteiger partial charge is 0.326 e. The number of methoxy groups -OCH3 is 1. The quantitative estimate of drug-likeness (QED) is 0.274. The van der Waals surface area contributed by atoms with Crippen LogP contribution in [0.3, 0.4) is 0 Å². The molecule has 2 N–H and O–H groups in total. The molecule has 1 fully saturated rings. The Kier molecular flexibility index (Phi) is 6.74. The lowest BCUT2D eigenvalue weighted by atomic mass is 10.00. The zero-order valence-corrected chi connectivity index (χ0v) is 22.9. The Bertz CT molecular complexity index is 1800. The van der Waals surface area contributed by atoms with E-state index in [1.807, 2.05) is 55.5 Å². The molecule has 10 nitrogen and oxygen atoms in total. The lowest BCUT2D eigenvalue weighted by Gasteiger charge is -2.22. The summed E-state index contributed by atoms with van der Waals surface area (Å²) >= 11 is 0. The number of aryl methyl sites for hydroxylation is 2. The number of hydrogen-bond donors (Lipinski definition) is 2. The number of carbonyl (C=O) groups excluding carboxylic acids is 1. The first kappa shape index (κ1) is 26.2. The van der Waals surface area contributed by atoms with Gasteiger partial charge < -0.3 is 24.5 Å². The maximum atomic E-state index is 13.1. The number of nitrogens with zero attached hydrogens (tertiary/aromatic N) is 4. The molecule has 2 atom stereocenters. The van der Waals surface area contributed by atoms with E-state index in [1.54, 1.807) is 31.3 Å². The molecule has 10 heteroatoms. The van der Waals surface area contributed by atoms with Gasteiger partial charge in [-0.25, -0.2) is 14.8 Å². The summed E-state index contributed by atoms with van der Waals surface area (Å²) in [5.41, 5.74) is 5.32. The number of fused-ring (bicyclic) bond motifs is 3. The summed E-state index contributed by atoms with van der Waals surface area (Å²) in [6.45, 7) is 4.10. The Morgan fingerprint density at radius 1 is 1.12 bits per heavy atom. The van der Waals surface area contributed by atoms with Gasteiger partial charge in [0.1, 0.15) is 28.7 Å². The topological polar surface area (TPSA) is 131 Å². The van der Waals surface area contributed by atoms with Crippen molar-refractivity contribution in [1.82, 2.24) is 15.0 Å². The number of para-hydroxylation sites is 1. The van der Waals surface area contributed by atoms with Crippen LogP contribution in [0.5, 0.6) is 5.75 Å². The van der Waals surface area contributed by atoms with Gasteiger partial charge in [0.15, 0.2) is 11.4 Å². The number of ether oxygens (including phenoxy) is 1. The Balaban J connectivity index is 1.20. The minimum atomic E-state index is -0.966. The number of rotatable bonds is 7. The van der Waals surface area contributed by atoms with E-state index in [0.717, 1.165) is 22.1 Å². The third kappa shape index (κ3) is 5.04. The highest BCUT2D eigenvalue weighted by molar-refractivity contribution is 6.06. The van der Waals surface area contributed by atoms with Crippen LogP contribution in [0.2, 0.25) is 0 Å². The number of carboxylic acid groups (broad SMARTS) is 1. The van der Waals surface area contributed by atoms with Gasteiger partial charge in [0.05, 0.1) is 13.3 Å². The Morgan fingerprint density at radius 3 is 2.73 bits per heavy atom. The first-order chi connectivity index (χ1) is 19.8. The number of anilines is 2. The Morgan fingerprint density at radius 2 is 1.95 bits per heavy atom. The zero-order chi connectivity index (χ0) is 28.7. The third-order valence-electron chi connectivity index (χ3n) is 7.50. The molecular weight excluding hydrogens is 522 g/mol. The monoisotopic (exact) mass is 551 g/mol. The van der Waals surface area contributed by atoms with E-state index in [4.69, 9.17) is 9.15 Å². The number of nitrogens with one attached hydrogen (secondary N) is 1. The van der Waals surface area contributed by atoms with Crippen molar-refractivity contribution in [1.29, 1.82) is 0 Å². The van der Waals surface area contributed by atoms with E-state index in [2.05, 4.69) is 20.3 Å². The fourth-order valence-corrected chi connectivity index (χ4v) is 5.64. The summed E-state index contributed by atoms with van der Waals surface area (Å²) in [6.07, 6.45) is 3.91. The van der Waals surface area contributed by atoms with Gasteiger partial charge in [-0.2, -0.15) is 0 Å². The first-order valence-electron chi connectivity index (χ1n) is 13.4. The van der Waals surface area contributed by atoms with Crippen LogP contribution in [-0.2, 0) is 9.59 Å². The van der Waals surface area contributed by atoms with Crippen LogP contribution >= 0.6 is 0 Å². The molecule has 0 spiro atoms. The van der Waals surface area contributed by atoms with Crippen molar-refractivity contribution in [3.05, 3.63) is 72.3 Å². The van der Waals surface area contributed by atoms with Gasteiger partial charge in [0.25, 0.3) is 0 Å². The maximum absolute atomic E-state index is 13.1. The predicted octanol–water partition coefficient (Wildman–Crippen LogP) is 5.37. The fraction of sp³-hybridized carbons (Fsp3) is 0.258. The second-order valence-electron chi connectivity index (χ2n) is 10.4. The number of benzene rings is 2. The lowest BCUT2D eigenvalue weighted by molar-refractivity contribution is -0.138. The second-order valence-corrected chi connectivity index (χ2v) is 10.4. The van der Waals surface area contributed by atoms with Gasteiger partial charge in [-0.05, 0) is 67.6 Å². The second kappa shape index (κ2) is 10.5. The van der Waals surface area contributed by atoms with Crippen LogP contribution in [0.4, 0.5) is 11.5 Å². The molecule has 1 aliphatic rings. The van der Waals surface area contributed by atoms with Crippen molar-refractivity contribution in [2.24, 2.45) is 5.92 Å². The van der Waals surface area contributed by atoms with E-state index in [1.165, 1.54) is 0 Å². The van der Waals surface area contributed by atoms with Crippen LogP contribution in [0.1, 0.15) is 24.2 Å². The van der Waals surface area contributed by atoms with Crippen molar-refractivity contribution >= 4 is 45.5 Å². The summed E-state index contributed by atoms with van der Waals surface area (Å²) in [5, 5.41) is 13.9. The van der Waals surface area contributed by atoms with Gasteiger partial charge in [0.2, 0.25) is 5.91 Å². The molecular formula is C31H29N5O5. The summed E-state index contributed by atoms with van der Waals surface area (Å²) in [6, 6.07) is 14.3. The molecule has 5 aromatic rings. The molecule has 3 aromatic heterocycles. The highest BCUT2D eigenvalue weighted by Gasteiger charge is 2.40. The number of furan rings is 1. The van der Waals surface area contributed by atoms with Crippen molar-refractivity contribution in [2.75, 3.05) is 23.9 Å². The van der Waals surface area contributed by atoms with Gasteiger partial charge in [0, 0.05) is 35.8 Å². The van der Waals surface area contributed by atoms with Crippen molar-refractivity contribution in [3.8, 4) is 16.9 Å². The molecule has 4 heterocycles. The number of hydrogen-bond acceptors (Lipinski definition) is 8. The lowest BCUT2D eigenvalue weighted by Crippen LogP contribution is -2.36. The molecule has 2 aromatic carbocycles. The molecule has 1 amide bonds. The van der Waals surface area contributed by atoms with E-state index < -0.39 is 12.0 Å². The van der Waals surface area contributed by atoms with Crippen molar-refractivity contribution in [3.63, 3.8) is 0 Å². The Labute approximate surface area is 236 Å². The molecule has 41 heavy (non-hydrogen) atoms. The molecule has 0 unspecified atom stereocenters. The maximum Gasteiger partial charge on any atom is 0.326 e. The first-order valence-corrected chi connectivity index (χ1v) is 13.4. The van der Waals surface area contributed by atoms with Gasteiger partial charge >= 0.3 is 5.97 Å².